The summed E-state index contributed by atoms with van der Waals surface area (Å²) >= 11 is 1.37. The third kappa shape index (κ3) is 30.5. The molecule has 1 aliphatic heterocycles. The van der Waals surface area contributed by atoms with Crippen LogP contribution >= 0.6 is 11.8 Å². The van der Waals surface area contributed by atoms with E-state index in [1.54, 1.807) is 83.1 Å². The van der Waals surface area contributed by atoms with E-state index in [0.29, 0.717) is 44.6 Å². The van der Waals surface area contributed by atoms with Gasteiger partial charge in [0.1, 0.15) is 66.5 Å². The Kier molecular flexibility index (Phi) is 42.4. The van der Waals surface area contributed by atoms with Crippen LogP contribution in [0.4, 0.5) is 0 Å². The smallest absolute Gasteiger partial charge is 0.335 e. The number of carboxylic acid groups (broad SMARTS) is 2. The van der Waals surface area contributed by atoms with E-state index in [4.69, 9.17) is 0 Å². The van der Waals surface area contributed by atoms with Crippen molar-refractivity contribution in [3.63, 3.8) is 0 Å². The molecule has 0 saturated carbocycles. The van der Waals surface area contributed by atoms with Gasteiger partial charge in [0.05, 0.1) is 11.1 Å². The Balaban J connectivity index is 2.30. The molecule has 1 heterocycles. The highest BCUT2D eigenvalue weighted by molar-refractivity contribution is 7.99. The van der Waals surface area contributed by atoms with Gasteiger partial charge in [0.2, 0.25) is 65.0 Å². The number of carbonyl (C=O) groups is 13. The first-order valence-electron chi connectivity index (χ1n) is 41.0. The van der Waals surface area contributed by atoms with Gasteiger partial charge in [-0.25, -0.2) is 9.59 Å². The predicted molar refractivity (Wildman–Crippen MR) is 444 cm³/mol. The fraction of sp³-hybridized carbons (Fsp3) is 0.706. The van der Waals surface area contributed by atoms with Gasteiger partial charge >= 0.3 is 11.9 Å². The standard InChI is InChI=1S/C85H140N12O16S/c1-24-64-78(104)95(22)70(50-114-42-30-29-41-98)81(107)90(17)66(44-52(4)5)76(102)89-71(55(10)11)82(108)91(18)65(43-51(2)3)74(100)86-58(15)73(99)87-59(16)77(103)93(20)68(45-53(6)7)79(105)94(21)69(46-54(8)9)80(106)96(23)72(56(12)13)83(109)92(19)67(75(101)88-64)47-57(14)31-27-25-26-28-40-97(48-60-32-36-62(37-33-60)84(110)111)49-61-34-38-63(39-35-61)85(112)113/h32-39,51-59,64-72,98H,24-31,40-50H2,1-23H3,(H,86,100)(H,87,99)(H,88,101)(H,89,102)(H,110,111)(H,112,113)/t57-,58-,59+,64+,65-,66+,67+,68+,69+,70-,71-,72+/m1/s1. The number of carbonyl (C=O) groups excluding carboxylic acids is 11. The second-order valence-electron chi connectivity index (χ2n) is 33.9. The second kappa shape index (κ2) is 48.4. The molecule has 0 spiro atoms. The van der Waals surface area contributed by atoms with E-state index < -0.39 is 155 Å². The van der Waals surface area contributed by atoms with Gasteiger partial charge in [-0.1, -0.05) is 147 Å². The number of rotatable bonds is 32. The average Bonchev–Trinajstić information content (AvgIpc) is 0.804. The Labute approximate surface area is 683 Å². The maximum atomic E-state index is 15.7. The van der Waals surface area contributed by atoms with Gasteiger partial charge in [0.15, 0.2) is 0 Å². The number of benzene rings is 2. The molecule has 0 aromatic heterocycles. The van der Waals surface area contributed by atoms with Crippen LogP contribution in [-0.2, 0) is 65.8 Å². The number of thioether (sulfide) groups is 1. The highest BCUT2D eigenvalue weighted by Crippen LogP contribution is 2.28. The molecule has 0 radical (unpaired) electrons. The van der Waals surface area contributed by atoms with Crippen molar-refractivity contribution in [3.8, 4) is 0 Å². The Hall–Kier alpha value is -8.18. The zero-order chi connectivity index (χ0) is 86.5. The molecule has 0 bridgehead atoms. The van der Waals surface area contributed by atoms with Crippen molar-refractivity contribution in [1.82, 2.24) is 60.5 Å². The van der Waals surface area contributed by atoms with Crippen molar-refractivity contribution in [1.29, 1.82) is 0 Å². The van der Waals surface area contributed by atoms with Crippen molar-refractivity contribution in [2.45, 2.75) is 274 Å². The maximum Gasteiger partial charge on any atom is 0.335 e. The molecule has 11 amide bonds. The van der Waals surface area contributed by atoms with Crippen LogP contribution in [0.5, 0.6) is 0 Å². The Morgan fingerprint density at radius 3 is 1.27 bits per heavy atom. The lowest BCUT2D eigenvalue weighted by molar-refractivity contribution is -0.156. The fourth-order valence-electron chi connectivity index (χ4n) is 14.5. The first-order valence-corrected chi connectivity index (χ1v) is 42.1. The van der Waals surface area contributed by atoms with Crippen molar-refractivity contribution >= 4 is 88.7 Å². The third-order valence-electron chi connectivity index (χ3n) is 21.6. The molecule has 28 nitrogen and oxygen atoms in total. The minimum atomic E-state index is -1.27. The number of aromatic carboxylic acids is 2. The first-order chi connectivity index (χ1) is 53.3. The molecule has 29 heteroatoms. The molecule has 0 aliphatic carbocycles. The number of hydrogen-bond donors (Lipinski definition) is 7. The molecular weight excluding hydrogens is 1480 g/mol. The van der Waals surface area contributed by atoms with Crippen molar-refractivity contribution in [2.75, 3.05) is 74.0 Å². The molecule has 114 heavy (non-hydrogen) atoms. The van der Waals surface area contributed by atoms with Crippen LogP contribution in [0.2, 0.25) is 0 Å². The van der Waals surface area contributed by atoms with Gasteiger partial charge in [-0.05, 0) is 161 Å². The predicted octanol–water partition coefficient (Wildman–Crippen LogP) is 8.26. The molecule has 7 N–H and O–H groups in total. The lowest BCUT2D eigenvalue weighted by Crippen LogP contribution is -2.62. The molecule has 1 aliphatic rings. The van der Waals surface area contributed by atoms with Gasteiger partial charge in [0.25, 0.3) is 0 Å². The quantitative estimate of drug-likeness (QED) is 0.0339. The van der Waals surface area contributed by atoms with Gasteiger partial charge in [-0.15, -0.1) is 0 Å². The average molecular weight is 1620 g/mol. The van der Waals surface area contributed by atoms with Gasteiger partial charge in [-0.2, -0.15) is 11.8 Å². The maximum absolute atomic E-state index is 15.7. The number of nitrogens with one attached hydrogen (secondary N) is 4. The second-order valence-corrected chi connectivity index (χ2v) is 35.0. The summed E-state index contributed by atoms with van der Waals surface area (Å²) < 4.78 is 0. The van der Waals surface area contributed by atoms with E-state index in [0.717, 1.165) is 36.8 Å². The molecule has 2 aromatic rings. The summed E-state index contributed by atoms with van der Waals surface area (Å²) in [5.41, 5.74) is 2.14. The minimum absolute atomic E-state index is 0.0299. The van der Waals surface area contributed by atoms with Crippen LogP contribution in [0.15, 0.2) is 48.5 Å². The molecule has 0 unspecified atom stereocenters. The monoisotopic (exact) mass is 1620 g/mol. The van der Waals surface area contributed by atoms with Crippen molar-refractivity contribution in [2.24, 2.45) is 41.4 Å². The van der Waals surface area contributed by atoms with Crippen LogP contribution in [-0.4, -0.2) is 272 Å². The SMILES string of the molecule is CC[C@@H]1NC(=O)[C@H](C[C@H](C)CCCCCCN(Cc2ccc(C(=O)O)cc2)Cc2ccc(C(=O)O)cc2)N(C)C(=O)[C@H](C(C)C)N(C)C(=O)[C@H](CC(C)C)N(C)C(=O)[C@H](CC(C)C)N(C)C(=O)[C@H](C)NC(=O)[C@@H](C)NC(=O)[C@@H](CC(C)C)N(C)C(=O)[C@@H](C(C)C)NC(=O)[C@H](CC(C)C)N(C)C(=O)[C@@H](CSCCCCO)N(C)C1=O. The number of amides is 11. The number of likely N-dealkylation sites (N-methyl/N-ethyl adjacent to an activating group) is 7. The summed E-state index contributed by atoms with van der Waals surface area (Å²) in [6.45, 7) is 30.2. The zero-order valence-corrected chi connectivity index (χ0v) is 73.4. The van der Waals surface area contributed by atoms with Crippen LogP contribution in [0.25, 0.3) is 0 Å². The fourth-order valence-corrected chi connectivity index (χ4v) is 15.7. The van der Waals surface area contributed by atoms with E-state index in [2.05, 4.69) is 26.2 Å². The summed E-state index contributed by atoms with van der Waals surface area (Å²) in [5.74, 6) is -10.7. The molecule has 642 valence electrons. The lowest BCUT2D eigenvalue weighted by Gasteiger charge is -2.41. The number of unbranched alkanes of at least 4 members (excludes halogenated alkanes) is 4. The largest absolute Gasteiger partial charge is 0.478 e. The van der Waals surface area contributed by atoms with Crippen LogP contribution < -0.4 is 21.3 Å². The summed E-state index contributed by atoms with van der Waals surface area (Å²) in [7, 11) is 10.3. The van der Waals surface area contributed by atoms with Gasteiger partial charge in [-0.3, -0.25) is 57.6 Å². The Morgan fingerprint density at radius 2 is 0.816 bits per heavy atom. The number of hydrogen-bond acceptors (Lipinski definition) is 16. The molecule has 1 saturated heterocycles. The van der Waals surface area contributed by atoms with E-state index in [1.807, 2.05) is 62.3 Å². The van der Waals surface area contributed by atoms with Crippen molar-refractivity contribution in [3.05, 3.63) is 70.8 Å². The van der Waals surface area contributed by atoms with Crippen molar-refractivity contribution < 1.29 is 77.6 Å². The summed E-state index contributed by atoms with van der Waals surface area (Å²) in [6, 6.07) is -0.0462. The van der Waals surface area contributed by atoms with Crippen LogP contribution in [0, 0.1) is 41.4 Å². The summed E-state index contributed by atoms with van der Waals surface area (Å²) in [6.07, 6.45) is 5.44. The van der Waals surface area contributed by atoms with Crippen LogP contribution in [0.1, 0.15) is 226 Å². The van der Waals surface area contributed by atoms with Gasteiger partial charge in [0, 0.05) is 74.8 Å². The number of nitrogens with zero attached hydrogens (tertiary/aromatic N) is 8. The number of aliphatic hydroxyl groups excluding tert-OH is 1. The lowest BCUT2D eigenvalue weighted by atomic mass is 9.92. The normalized spacial score (nSPS) is 23.3. The molecular formula is C85H140N12O16S. The molecule has 3 rings (SSSR count). The summed E-state index contributed by atoms with van der Waals surface area (Å²) in [4.78, 5) is 201. The zero-order valence-electron chi connectivity index (χ0n) is 72.6. The number of carboxylic acids is 2. The number of aliphatic hydroxyl groups is 1. The Bertz CT molecular complexity index is 3430. The highest BCUT2D eigenvalue weighted by atomic mass is 32.2. The van der Waals surface area contributed by atoms with Gasteiger partial charge < -0.3 is 70.9 Å². The molecule has 1 fully saturated rings. The van der Waals surface area contributed by atoms with E-state index in [-0.39, 0.29) is 91.6 Å². The third-order valence-corrected chi connectivity index (χ3v) is 22.7. The molecule has 12 atom stereocenters. The van der Waals surface area contributed by atoms with E-state index in [9.17, 15) is 44.1 Å². The summed E-state index contributed by atoms with van der Waals surface area (Å²) in [5, 5.41) is 40.2. The topological polar surface area (TPSA) is 357 Å². The van der Waals surface area contributed by atoms with E-state index in [1.165, 1.54) is 109 Å². The van der Waals surface area contributed by atoms with Crippen LogP contribution in [0.3, 0.4) is 0 Å². The minimum Gasteiger partial charge on any atom is -0.478 e. The van der Waals surface area contributed by atoms with E-state index >= 15 is 33.6 Å². The molecule has 2 aromatic carbocycles. The first kappa shape index (κ1) is 100. The Morgan fingerprint density at radius 1 is 0.421 bits per heavy atom. The highest BCUT2D eigenvalue weighted by Gasteiger charge is 2.45.